The third-order valence-corrected chi connectivity index (χ3v) is 11.2. The Morgan fingerprint density at radius 2 is 1.67 bits per heavy atom. The summed E-state index contributed by atoms with van der Waals surface area (Å²) in [5, 5.41) is 33.4. The van der Waals surface area contributed by atoms with Crippen molar-refractivity contribution >= 4 is 38.0 Å². The number of benzene rings is 3. The predicted octanol–water partition coefficient (Wildman–Crippen LogP) is 1.64. The van der Waals surface area contributed by atoms with Crippen LogP contribution in [-0.4, -0.2) is 59.7 Å². The van der Waals surface area contributed by atoms with Gasteiger partial charge in [0.05, 0.1) is 12.1 Å². The summed E-state index contributed by atoms with van der Waals surface area (Å²) in [4.78, 5) is 75.3. The van der Waals surface area contributed by atoms with Crippen molar-refractivity contribution in [1.29, 1.82) is 0 Å². The molecule has 1 aliphatic carbocycles. The lowest BCUT2D eigenvalue weighted by Crippen LogP contribution is -2.44. The van der Waals surface area contributed by atoms with Crippen molar-refractivity contribution in [1.82, 2.24) is 5.32 Å². The Bertz CT molecular complexity index is 2150. The van der Waals surface area contributed by atoms with Gasteiger partial charge in [-0.2, -0.15) is 0 Å². The fourth-order valence-electron chi connectivity index (χ4n) is 5.30. The number of amides is 1. The Balaban J connectivity index is 1.39. The summed E-state index contributed by atoms with van der Waals surface area (Å²) >= 11 is 0. The number of nitrogens with one attached hydrogen (secondary N) is 1. The molecule has 0 spiro atoms. The van der Waals surface area contributed by atoms with Crippen molar-refractivity contribution in [3.8, 4) is 28.2 Å². The van der Waals surface area contributed by atoms with Crippen molar-refractivity contribution < 1.29 is 62.6 Å². The number of aromatic nitrogens is 1. The molecule has 3 aromatic rings. The summed E-state index contributed by atoms with van der Waals surface area (Å²) in [6, 6.07) is 14.6. The molecule has 1 aromatic heterocycles. The molecule has 0 radical (unpaired) electrons. The number of hydrogen-bond acceptors (Lipinski definition) is 8. The lowest BCUT2D eigenvalue weighted by atomic mass is 9.89. The van der Waals surface area contributed by atoms with Crippen LogP contribution in [0.15, 0.2) is 88.3 Å². The third-order valence-electron chi connectivity index (χ3n) is 7.48. The number of aliphatic hydroxyl groups excluding tert-OH is 1. The zero-order chi connectivity index (χ0) is 35.0. The van der Waals surface area contributed by atoms with E-state index in [0.717, 1.165) is 0 Å². The van der Waals surface area contributed by atoms with Crippen molar-refractivity contribution in [3.05, 3.63) is 106 Å². The van der Waals surface area contributed by atoms with Crippen LogP contribution in [0.3, 0.4) is 0 Å². The van der Waals surface area contributed by atoms with Crippen molar-refractivity contribution in [2.24, 2.45) is 0 Å². The maximum Gasteiger partial charge on any atom is 0.341 e. The number of nitrogens with zero attached hydrogens (tertiary/aromatic N) is 1. The van der Waals surface area contributed by atoms with E-state index < -0.39 is 45.0 Å². The van der Waals surface area contributed by atoms with Gasteiger partial charge in [-0.1, -0.05) is 12.1 Å². The summed E-state index contributed by atoms with van der Waals surface area (Å²) in [5.74, 6) is -2.25. The van der Waals surface area contributed by atoms with Crippen LogP contribution >= 0.6 is 15.2 Å². The van der Waals surface area contributed by atoms with Gasteiger partial charge < -0.3 is 44.6 Å². The zero-order valence-electron chi connectivity index (χ0n) is 24.7. The highest BCUT2D eigenvalue weighted by molar-refractivity contribution is 7.70. The Labute approximate surface area is 271 Å². The molecule has 15 nitrogen and oxygen atoms in total. The van der Waals surface area contributed by atoms with Gasteiger partial charge in [-0.05, 0) is 48.0 Å². The highest BCUT2D eigenvalue weighted by Crippen LogP contribution is 2.60. The first kappa shape index (κ1) is 34.6. The highest BCUT2D eigenvalue weighted by Gasteiger charge is 2.43. The molecule has 1 atom stereocenters. The molecule has 0 bridgehead atoms. The molecule has 17 heteroatoms. The van der Waals surface area contributed by atoms with Gasteiger partial charge in [0, 0.05) is 46.2 Å². The second kappa shape index (κ2) is 13.4. The van der Waals surface area contributed by atoms with E-state index in [4.69, 9.17) is 4.42 Å². The van der Waals surface area contributed by atoms with Crippen LogP contribution in [0.25, 0.3) is 33.4 Å². The van der Waals surface area contributed by atoms with E-state index in [1.54, 1.807) is 0 Å². The predicted molar refractivity (Wildman–Crippen MR) is 168 cm³/mol. The average Bonchev–Trinajstić information content (AvgIpc) is 3.00. The summed E-state index contributed by atoms with van der Waals surface area (Å²) in [6.07, 6.45) is 1.03. The van der Waals surface area contributed by atoms with Crippen LogP contribution < -0.4 is 20.4 Å². The van der Waals surface area contributed by atoms with Crippen LogP contribution in [-0.2, 0) is 22.1 Å². The fourth-order valence-corrected chi connectivity index (χ4v) is 7.76. The Hall–Kier alpha value is -4.72. The van der Waals surface area contributed by atoms with Crippen LogP contribution in [0, 0.1) is 0 Å². The molecule has 1 unspecified atom stereocenters. The third kappa shape index (κ3) is 7.70. The van der Waals surface area contributed by atoms with E-state index in [1.807, 2.05) is 0 Å². The first-order valence-corrected chi connectivity index (χ1v) is 17.5. The molecular weight excluding hydrogens is 670 g/mol. The molecule has 2 aromatic carbocycles. The number of hydrogen-bond donors (Lipinski definition) is 7. The molecule has 1 aliphatic heterocycles. The van der Waals surface area contributed by atoms with E-state index in [1.165, 1.54) is 83.7 Å². The van der Waals surface area contributed by atoms with Gasteiger partial charge in [0.1, 0.15) is 17.4 Å². The zero-order valence-corrected chi connectivity index (χ0v) is 26.5. The van der Waals surface area contributed by atoms with Gasteiger partial charge in [0.25, 0.3) is 5.91 Å². The van der Waals surface area contributed by atoms with Gasteiger partial charge in [0.2, 0.25) is 0 Å². The highest BCUT2D eigenvalue weighted by atomic mass is 31.2. The first-order chi connectivity index (χ1) is 22.5. The number of carbonyl (C=O) groups is 2. The van der Waals surface area contributed by atoms with E-state index in [0.29, 0.717) is 16.5 Å². The smallest absolute Gasteiger partial charge is 0.341 e. The second-order valence-corrected chi connectivity index (χ2v) is 15.0. The second-order valence-electron chi connectivity index (χ2n) is 11.0. The minimum absolute atomic E-state index is 0.0285. The van der Waals surface area contributed by atoms with Gasteiger partial charge >= 0.3 is 21.2 Å². The Kier molecular flexibility index (Phi) is 9.67. The van der Waals surface area contributed by atoms with Crippen LogP contribution in [0.5, 0.6) is 5.75 Å². The average molecular weight is 699 g/mol. The Morgan fingerprint density at radius 1 is 0.938 bits per heavy atom. The first-order valence-electron chi connectivity index (χ1n) is 14.1. The summed E-state index contributed by atoms with van der Waals surface area (Å²) < 4.78 is 30.5. The fraction of sp³-hybridized carbons (Fsp3) is 0.161. The topological polar surface area (TPSA) is 259 Å². The number of rotatable bonds is 11. The van der Waals surface area contributed by atoms with Crippen molar-refractivity contribution in [2.45, 2.75) is 24.5 Å². The quantitative estimate of drug-likeness (QED) is 0.0589. The van der Waals surface area contributed by atoms with E-state index in [9.17, 15) is 58.4 Å². The van der Waals surface area contributed by atoms with Crippen molar-refractivity contribution in [3.63, 3.8) is 0 Å². The number of aromatic carboxylic acids is 1. The van der Waals surface area contributed by atoms with Crippen LogP contribution in [0.4, 0.5) is 0 Å². The minimum Gasteiger partial charge on any atom is -0.872 e. The molecule has 0 saturated heterocycles. The summed E-state index contributed by atoms with van der Waals surface area (Å²) in [6.45, 7) is -0.406. The van der Waals surface area contributed by atoms with Gasteiger partial charge in [-0.15, -0.1) is 5.75 Å². The molecule has 250 valence electrons. The van der Waals surface area contributed by atoms with E-state index in [2.05, 4.69) is 5.32 Å². The number of carbonyl (C=O) groups excluding carboxylic acids is 1. The maximum absolute atomic E-state index is 13.2. The van der Waals surface area contributed by atoms with Gasteiger partial charge in [-0.25, -0.2) is 9.36 Å². The molecule has 2 aliphatic rings. The molecule has 48 heavy (non-hydrogen) atoms. The number of carboxylic acids is 1. The number of aliphatic hydroxyl groups is 1. The number of carboxylic acid groups (broad SMARTS) is 1. The summed E-state index contributed by atoms with van der Waals surface area (Å²) in [5.41, 5.74) is 0.548. The SMILES string of the molecule is O=C(NCC(O)C[n+]1cccc(CC(P(=O)(O)O)P(=O)(O)O)c1)c1ccc(C(=O)O)c(-c2c3ccc(=O)cc-3oc3cc([O-])ccc23)c1. The normalized spacial score (nSPS) is 12.8. The van der Waals surface area contributed by atoms with Crippen molar-refractivity contribution in [2.75, 3.05) is 6.54 Å². The monoisotopic (exact) mass is 698 g/mol. The number of fused-ring (bicyclic) bond motifs is 2. The van der Waals surface area contributed by atoms with E-state index in [-0.39, 0.29) is 57.9 Å². The minimum atomic E-state index is -5.15. The molecule has 0 saturated carbocycles. The maximum atomic E-state index is 13.2. The Morgan fingerprint density at radius 3 is 2.35 bits per heavy atom. The largest absolute Gasteiger partial charge is 0.872 e. The van der Waals surface area contributed by atoms with Crippen LogP contribution in [0.2, 0.25) is 0 Å². The number of pyridine rings is 1. The molecule has 5 rings (SSSR count). The molecular formula is C31H28N2O13P2. The molecule has 7 N–H and O–H groups in total. The van der Waals surface area contributed by atoms with Gasteiger partial charge in [0.15, 0.2) is 29.8 Å². The molecule has 0 fully saturated rings. The van der Waals surface area contributed by atoms with Gasteiger partial charge in [-0.3, -0.25) is 18.7 Å². The lowest BCUT2D eigenvalue weighted by molar-refractivity contribution is -0.703. The van der Waals surface area contributed by atoms with Crippen LogP contribution in [0.1, 0.15) is 26.3 Å². The molecule has 2 heterocycles. The van der Waals surface area contributed by atoms with E-state index >= 15 is 0 Å². The molecule has 1 amide bonds. The summed E-state index contributed by atoms with van der Waals surface area (Å²) in [7, 11) is -10.3. The lowest BCUT2D eigenvalue weighted by Gasteiger charge is -2.19. The standard InChI is InChI=1S/C31H28N2O13P2/c34-19-4-7-23-26(12-19)46-27-13-20(35)5-8-24(27)29(23)25-11-18(3-6-22(25)31(38)39)30(37)32-14-21(36)16-33-9-1-2-17(15-33)10-28(47(40,41)42)48(43,44)45/h1-9,11-13,15,21,28,36H,10,14,16H2,(H6-,32,34,35,37,38,39,40,41,42,43,44,45).